The van der Waals surface area contributed by atoms with Gasteiger partial charge in [-0.15, -0.1) is 0 Å². The van der Waals surface area contributed by atoms with Crippen LogP contribution in [0.25, 0.3) is 87.8 Å². The van der Waals surface area contributed by atoms with Crippen molar-refractivity contribution in [1.82, 2.24) is 0 Å². The fourth-order valence-electron chi connectivity index (χ4n) is 7.39. The van der Waals surface area contributed by atoms with Crippen molar-refractivity contribution in [1.29, 1.82) is 0 Å². The van der Waals surface area contributed by atoms with Crippen molar-refractivity contribution in [3.05, 3.63) is 140 Å². The van der Waals surface area contributed by atoms with Gasteiger partial charge in [-0.2, -0.15) is 0 Å². The zero-order valence-corrected chi connectivity index (χ0v) is 24.9. The molecular weight excluding hydrogens is 582 g/mol. The van der Waals surface area contributed by atoms with Gasteiger partial charge in [-0.3, -0.25) is 0 Å². The number of anilines is 3. The highest BCUT2D eigenvalue weighted by Crippen LogP contribution is 2.47. The smallest absolute Gasteiger partial charge is 0.147 e. The lowest BCUT2D eigenvalue weighted by atomic mass is 10.0. The molecule has 0 bridgehead atoms. The van der Waals surface area contributed by atoms with Crippen LogP contribution in [0.1, 0.15) is 0 Å². The number of nitrogens with zero attached hydrogens (tertiary/aromatic N) is 1. The number of hydrogen-bond acceptors (Lipinski definition) is 5. The molecule has 5 heteroatoms. The lowest BCUT2D eigenvalue weighted by Gasteiger charge is -2.26. The molecule has 220 valence electrons. The van der Waals surface area contributed by atoms with Gasteiger partial charge in [-0.25, -0.2) is 0 Å². The summed E-state index contributed by atoms with van der Waals surface area (Å²) in [4.78, 5) is 2.26. The van der Waals surface area contributed by atoms with Gasteiger partial charge in [0, 0.05) is 55.8 Å². The first kappa shape index (κ1) is 24.8. The van der Waals surface area contributed by atoms with E-state index in [1.807, 2.05) is 66.7 Å². The molecule has 4 aromatic heterocycles. The largest absolute Gasteiger partial charge is 0.456 e. The maximum atomic E-state index is 6.55. The average molecular weight is 606 g/mol. The van der Waals surface area contributed by atoms with Crippen molar-refractivity contribution in [2.75, 3.05) is 4.90 Å². The fourth-order valence-corrected chi connectivity index (χ4v) is 7.39. The predicted molar refractivity (Wildman–Crippen MR) is 190 cm³/mol. The third-order valence-corrected chi connectivity index (χ3v) is 9.46. The van der Waals surface area contributed by atoms with Crippen molar-refractivity contribution >= 4 is 105 Å². The standard InChI is InChI=1S/C42H23NO4/c1-4-12-33-26(8-1)29-18-16-24(22-38(29)44-33)43(25-17-19-30-27-9-2-5-13-34(27)45-39(30)23-25)32-11-7-15-36-40(32)41-37(46-36)21-20-31-28-10-3-6-14-35(28)47-42(31)41/h1-23H. The summed E-state index contributed by atoms with van der Waals surface area (Å²) in [5, 5.41) is 8.41. The second-order valence-electron chi connectivity index (χ2n) is 12.1. The predicted octanol–water partition coefficient (Wildman–Crippen LogP) is 12.8. The topological polar surface area (TPSA) is 55.8 Å². The Morgan fingerprint density at radius 3 is 1.43 bits per heavy atom. The van der Waals surface area contributed by atoms with E-state index < -0.39 is 0 Å². The Hall–Kier alpha value is -6.46. The summed E-state index contributed by atoms with van der Waals surface area (Å²) >= 11 is 0. The van der Waals surface area contributed by atoms with Crippen LogP contribution in [-0.4, -0.2) is 0 Å². The minimum atomic E-state index is 0.777. The van der Waals surface area contributed by atoms with Crippen LogP contribution in [-0.2, 0) is 0 Å². The molecule has 7 aromatic carbocycles. The molecule has 0 N–H and O–H groups in total. The molecule has 11 aromatic rings. The second kappa shape index (κ2) is 9.05. The molecule has 0 aliphatic rings. The SMILES string of the molecule is c1ccc2c(c1)oc1cc(N(c3ccc4c(c3)oc3ccccc34)c3cccc4oc5ccc6c7ccccc7oc6c5c34)ccc12. The van der Waals surface area contributed by atoms with Gasteiger partial charge in [-0.05, 0) is 66.7 Å². The molecule has 11 rings (SSSR count). The highest BCUT2D eigenvalue weighted by atomic mass is 16.3. The van der Waals surface area contributed by atoms with Gasteiger partial charge < -0.3 is 22.6 Å². The zero-order chi connectivity index (χ0) is 30.6. The third kappa shape index (κ3) is 3.43. The van der Waals surface area contributed by atoms with Crippen molar-refractivity contribution in [3.8, 4) is 0 Å². The van der Waals surface area contributed by atoms with Gasteiger partial charge in [-0.1, -0.05) is 60.7 Å². The van der Waals surface area contributed by atoms with Gasteiger partial charge in [0.25, 0.3) is 0 Å². The minimum Gasteiger partial charge on any atom is -0.456 e. The molecule has 0 aliphatic carbocycles. The van der Waals surface area contributed by atoms with Crippen LogP contribution >= 0.6 is 0 Å². The number of furan rings is 4. The van der Waals surface area contributed by atoms with E-state index in [0.717, 1.165) is 105 Å². The highest BCUT2D eigenvalue weighted by molar-refractivity contribution is 6.25. The maximum absolute atomic E-state index is 6.55. The summed E-state index contributed by atoms with van der Waals surface area (Å²) < 4.78 is 25.8. The Morgan fingerprint density at radius 1 is 0.319 bits per heavy atom. The molecule has 0 aliphatic heterocycles. The molecule has 47 heavy (non-hydrogen) atoms. The quantitative estimate of drug-likeness (QED) is 0.201. The third-order valence-electron chi connectivity index (χ3n) is 9.46. The van der Waals surface area contributed by atoms with Crippen LogP contribution < -0.4 is 4.90 Å². The summed E-state index contributed by atoms with van der Waals surface area (Å²) in [7, 11) is 0. The van der Waals surface area contributed by atoms with Crippen molar-refractivity contribution < 1.29 is 17.7 Å². The Bertz CT molecular complexity index is 2930. The average Bonchev–Trinajstić information content (AvgIpc) is 3.87. The Balaban J connectivity index is 1.24. The van der Waals surface area contributed by atoms with Crippen molar-refractivity contribution in [2.45, 2.75) is 0 Å². The van der Waals surface area contributed by atoms with Crippen molar-refractivity contribution in [3.63, 3.8) is 0 Å². The maximum Gasteiger partial charge on any atom is 0.147 e. The number of benzene rings is 7. The van der Waals surface area contributed by atoms with Crippen LogP contribution in [0.4, 0.5) is 17.1 Å². The van der Waals surface area contributed by atoms with E-state index in [1.54, 1.807) is 0 Å². The van der Waals surface area contributed by atoms with E-state index in [1.165, 1.54) is 0 Å². The summed E-state index contributed by atoms with van der Waals surface area (Å²) in [6.07, 6.45) is 0. The van der Waals surface area contributed by atoms with Gasteiger partial charge in [0.15, 0.2) is 0 Å². The van der Waals surface area contributed by atoms with Crippen molar-refractivity contribution in [2.24, 2.45) is 0 Å². The van der Waals surface area contributed by atoms with Crippen LogP contribution in [0.3, 0.4) is 0 Å². The van der Waals surface area contributed by atoms with Gasteiger partial charge in [0.2, 0.25) is 0 Å². The van der Waals surface area contributed by atoms with Crippen LogP contribution in [0.15, 0.2) is 157 Å². The number of hydrogen-bond donors (Lipinski definition) is 0. The molecule has 0 atom stereocenters. The number of fused-ring (bicyclic) bond motifs is 13. The Labute approximate surface area is 266 Å². The first-order chi connectivity index (χ1) is 23.3. The normalized spacial score (nSPS) is 12.3. The molecule has 4 heterocycles. The lowest BCUT2D eigenvalue weighted by molar-refractivity contribution is 0.663. The van der Waals surface area contributed by atoms with Crippen LogP contribution in [0.5, 0.6) is 0 Å². The fraction of sp³-hybridized carbons (Fsp3) is 0. The highest BCUT2D eigenvalue weighted by Gasteiger charge is 2.24. The first-order valence-corrected chi connectivity index (χ1v) is 15.7. The van der Waals surface area contributed by atoms with E-state index in [9.17, 15) is 0 Å². The molecule has 0 unspecified atom stereocenters. The number of para-hydroxylation sites is 3. The van der Waals surface area contributed by atoms with E-state index in [0.29, 0.717) is 0 Å². The molecule has 0 fully saturated rings. The lowest BCUT2D eigenvalue weighted by Crippen LogP contribution is -2.10. The Morgan fingerprint density at radius 2 is 0.787 bits per heavy atom. The van der Waals surface area contributed by atoms with E-state index in [4.69, 9.17) is 17.7 Å². The molecule has 0 saturated heterocycles. The monoisotopic (exact) mass is 605 g/mol. The van der Waals surface area contributed by atoms with E-state index >= 15 is 0 Å². The summed E-state index contributed by atoms with van der Waals surface area (Å²) in [6, 6.07) is 47.7. The second-order valence-corrected chi connectivity index (χ2v) is 12.1. The summed E-state index contributed by atoms with van der Waals surface area (Å²) in [6.45, 7) is 0. The van der Waals surface area contributed by atoms with E-state index in [-0.39, 0.29) is 0 Å². The Kier molecular flexibility index (Phi) is 4.78. The summed E-state index contributed by atoms with van der Waals surface area (Å²) in [5.41, 5.74) is 9.46. The van der Waals surface area contributed by atoms with E-state index in [2.05, 4.69) is 77.7 Å². The molecule has 0 spiro atoms. The van der Waals surface area contributed by atoms with Crippen LogP contribution in [0.2, 0.25) is 0 Å². The van der Waals surface area contributed by atoms with Crippen LogP contribution in [0, 0.1) is 0 Å². The first-order valence-electron chi connectivity index (χ1n) is 15.7. The van der Waals surface area contributed by atoms with Gasteiger partial charge in [0.1, 0.15) is 44.7 Å². The zero-order valence-electron chi connectivity index (χ0n) is 24.9. The van der Waals surface area contributed by atoms with Gasteiger partial charge >= 0.3 is 0 Å². The molecule has 0 saturated carbocycles. The molecular formula is C42H23NO4. The molecule has 0 amide bonds. The molecule has 5 nitrogen and oxygen atoms in total. The summed E-state index contributed by atoms with van der Waals surface area (Å²) in [5.74, 6) is 0. The number of rotatable bonds is 3. The minimum absolute atomic E-state index is 0.777. The van der Waals surface area contributed by atoms with Gasteiger partial charge in [0.05, 0.1) is 16.5 Å². The molecule has 0 radical (unpaired) electrons.